The molecule has 1 aliphatic rings. The van der Waals surface area contributed by atoms with E-state index in [2.05, 4.69) is 18.7 Å². The quantitative estimate of drug-likeness (QED) is 0.260. The number of hydrogen-bond donors (Lipinski definition) is 0. The Morgan fingerprint density at radius 3 is 2.21 bits per heavy atom. The van der Waals surface area contributed by atoms with E-state index in [0.717, 1.165) is 41.0 Å². The second-order valence-corrected chi connectivity index (χ2v) is 9.36. The predicted molar refractivity (Wildman–Crippen MR) is 151 cm³/mol. The van der Waals surface area contributed by atoms with Crippen LogP contribution in [0.15, 0.2) is 71.8 Å². The zero-order valence-electron chi connectivity index (χ0n) is 23.5. The van der Waals surface area contributed by atoms with E-state index in [0.29, 0.717) is 37.6 Å². The molecule has 0 saturated heterocycles. The number of rotatable bonds is 9. The number of hydrogen-bond acceptors (Lipinski definition) is 6. The smallest absolute Gasteiger partial charge is 0.338 e. The Kier molecular flexibility index (Phi) is 12.4. The fourth-order valence-corrected chi connectivity index (χ4v) is 3.49. The van der Waals surface area contributed by atoms with Crippen LogP contribution in [0.3, 0.4) is 0 Å². The lowest BCUT2D eigenvalue weighted by Crippen LogP contribution is -2.07. The number of allylic oxidation sites excluding steroid dienone is 3. The molecular weight excluding hydrogens is 480 g/mol. The summed E-state index contributed by atoms with van der Waals surface area (Å²) in [7, 11) is 0. The van der Waals surface area contributed by atoms with Crippen molar-refractivity contribution in [2.24, 2.45) is 0 Å². The molecule has 204 valence electrons. The third-order valence-corrected chi connectivity index (χ3v) is 5.47. The summed E-state index contributed by atoms with van der Waals surface area (Å²) in [5, 5.41) is 0. The Labute approximate surface area is 226 Å². The molecular formula is C32H40O6. The number of carbonyl (C=O) groups is 2. The van der Waals surface area contributed by atoms with Gasteiger partial charge in [0.05, 0.1) is 24.3 Å². The molecule has 1 heterocycles. The summed E-state index contributed by atoms with van der Waals surface area (Å²) in [6.45, 7) is 17.3. The molecule has 0 amide bonds. The molecule has 6 heteroatoms. The summed E-state index contributed by atoms with van der Waals surface area (Å²) in [5.41, 5.74) is 6.54. The minimum atomic E-state index is -0.303. The van der Waals surface area contributed by atoms with Gasteiger partial charge in [0, 0.05) is 0 Å². The van der Waals surface area contributed by atoms with Crippen LogP contribution in [-0.2, 0) is 22.3 Å². The summed E-state index contributed by atoms with van der Waals surface area (Å²) in [5.74, 6) is 1.05. The highest BCUT2D eigenvalue weighted by Gasteiger charge is 2.13. The van der Waals surface area contributed by atoms with Gasteiger partial charge in [-0.2, -0.15) is 0 Å². The Morgan fingerprint density at radius 1 is 0.974 bits per heavy atom. The predicted octanol–water partition coefficient (Wildman–Crippen LogP) is 7.07. The van der Waals surface area contributed by atoms with Gasteiger partial charge < -0.3 is 18.9 Å². The minimum absolute atomic E-state index is 0.278. The average molecular weight is 521 g/mol. The molecule has 2 aromatic carbocycles. The van der Waals surface area contributed by atoms with Gasteiger partial charge in [0.25, 0.3) is 0 Å². The van der Waals surface area contributed by atoms with Gasteiger partial charge in [-0.15, -0.1) is 0 Å². The van der Waals surface area contributed by atoms with Gasteiger partial charge in [-0.25, -0.2) is 9.59 Å². The van der Waals surface area contributed by atoms with Crippen LogP contribution in [0.4, 0.5) is 0 Å². The molecule has 0 spiro atoms. The van der Waals surface area contributed by atoms with Gasteiger partial charge in [-0.05, 0) is 113 Å². The van der Waals surface area contributed by atoms with Crippen molar-refractivity contribution in [3.05, 3.63) is 94.1 Å². The van der Waals surface area contributed by atoms with Crippen LogP contribution >= 0.6 is 0 Å². The summed E-state index contributed by atoms with van der Waals surface area (Å²) in [6, 6.07) is 10.8. The summed E-state index contributed by atoms with van der Waals surface area (Å²) >= 11 is 0. The zero-order valence-corrected chi connectivity index (χ0v) is 23.5. The van der Waals surface area contributed by atoms with Crippen molar-refractivity contribution in [1.29, 1.82) is 0 Å². The van der Waals surface area contributed by atoms with Gasteiger partial charge in [-0.3, -0.25) is 0 Å². The molecule has 0 atom stereocenters. The maximum atomic E-state index is 11.8. The monoisotopic (exact) mass is 520 g/mol. The van der Waals surface area contributed by atoms with E-state index in [1.54, 1.807) is 26.0 Å². The third-order valence-electron chi connectivity index (χ3n) is 5.47. The summed E-state index contributed by atoms with van der Waals surface area (Å²) in [4.78, 5) is 23.4. The van der Waals surface area contributed by atoms with Gasteiger partial charge in [0.15, 0.2) is 0 Å². The van der Waals surface area contributed by atoms with Crippen molar-refractivity contribution in [3.63, 3.8) is 0 Å². The first-order valence-corrected chi connectivity index (χ1v) is 12.9. The fourth-order valence-electron chi connectivity index (χ4n) is 3.49. The number of fused-ring (bicyclic) bond motifs is 1. The first-order chi connectivity index (χ1) is 18.1. The first kappa shape index (κ1) is 30.4. The second-order valence-electron chi connectivity index (χ2n) is 9.36. The van der Waals surface area contributed by atoms with Crippen LogP contribution in [0.5, 0.6) is 11.5 Å². The van der Waals surface area contributed by atoms with Crippen molar-refractivity contribution < 1.29 is 28.5 Å². The minimum Gasteiger partial charge on any atom is -0.489 e. The molecule has 1 aliphatic heterocycles. The highest BCUT2D eigenvalue weighted by Crippen LogP contribution is 2.25. The Morgan fingerprint density at radius 2 is 1.61 bits per heavy atom. The highest BCUT2D eigenvalue weighted by molar-refractivity contribution is 5.90. The third kappa shape index (κ3) is 9.92. The zero-order chi connectivity index (χ0) is 28.1. The molecule has 2 aromatic rings. The van der Waals surface area contributed by atoms with Crippen LogP contribution in [0.1, 0.15) is 73.4 Å². The Bertz CT molecular complexity index is 1180. The number of benzene rings is 2. The molecule has 0 saturated carbocycles. The number of carbonyl (C=O) groups excluding carboxylic acids is 2. The van der Waals surface area contributed by atoms with Crippen LogP contribution in [0, 0.1) is 0 Å². The van der Waals surface area contributed by atoms with Crippen molar-refractivity contribution in [2.75, 3.05) is 26.4 Å². The largest absolute Gasteiger partial charge is 0.489 e. The van der Waals surface area contributed by atoms with E-state index in [1.807, 2.05) is 52.0 Å². The van der Waals surface area contributed by atoms with Crippen LogP contribution in [0.2, 0.25) is 0 Å². The summed E-state index contributed by atoms with van der Waals surface area (Å²) < 4.78 is 21.4. The molecule has 0 aliphatic carbocycles. The van der Waals surface area contributed by atoms with E-state index in [4.69, 9.17) is 18.9 Å². The molecule has 0 fully saturated rings. The number of esters is 2. The molecule has 0 radical (unpaired) electrons. The molecule has 0 unspecified atom stereocenters. The van der Waals surface area contributed by atoms with Gasteiger partial charge in [0.1, 0.15) is 24.7 Å². The van der Waals surface area contributed by atoms with Crippen LogP contribution < -0.4 is 9.47 Å². The second kappa shape index (κ2) is 15.5. The molecule has 0 bridgehead atoms. The van der Waals surface area contributed by atoms with E-state index in [1.165, 1.54) is 11.1 Å². The van der Waals surface area contributed by atoms with Crippen molar-refractivity contribution in [1.82, 2.24) is 0 Å². The number of ether oxygens (including phenoxy) is 4. The maximum Gasteiger partial charge on any atom is 0.338 e. The van der Waals surface area contributed by atoms with E-state index >= 15 is 0 Å². The van der Waals surface area contributed by atoms with Gasteiger partial charge in [-0.1, -0.05) is 24.3 Å². The standard InChI is InChI=1S/C18H24O3.C14H16O3/c1-6-20-18(19)16-9-10-17(21-12-14(4)5)15(11-16)8-7-13(2)3;1-3-16-14(15)12-6-7-13-11(8-12)5-4-10(2)9-17-13/h7,9-11H,4,6,8,12H2,1-3,5H3;4,6-8H,3,5,9H2,1-2H3. The first-order valence-electron chi connectivity index (χ1n) is 12.9. The van der Waals surface area contributed by atoms with Crippen molar-refractivity contribution >= 4 is 11.9 Å². The molecule has 3 rings (SSSR count). The SMILES string of the molecule is C=C(C)COc1ccc(C(=O)OCC)cc1CC=C(C)C.CCOC(=O)c1ccc2c(c1)CC=C(C)CO2. The topological polar surface area (TPSA) is 71.1 Å². The molecule has 6 nitrogen and oxygen atoms in total. The average Bonchev–Trinajstić information content (AvgIpc) is 3.08. The Hall–Kier alpha value is -3.80. The molecule has 0 N–H and O–H groups in total. The van der Waals surface area contributed by atoms with Crippen molar-refractivity contribution in [2.45, 2.75) is 54.4 Å². The van der Waals surface area contributed by atoms with Crippen LogP contribution in [-0.4, -0.2) is 38.4 Å². The normalized spacial score (nSPS) is 11.8. The lowest BCUT2D eigenvalue weighted by molar-refractivity contribution is 0.0516. The summed E-state index contributed by atoms with van der Waals surface area (Å²) in [6.07, 6.45) is 5.76. The van der Waals surface area contributed by atoms with Gasteiger partial charge in [0.2, 0.25) is 0 Å². The molecule has 0 aromatic heterocycles. The van der Waals surface area contributed by atoms with E-state index in [-0.39, 0.29) is 11.9 Å². The lowest BCUT2D eigenvalue weighted by Gasteiger charge is -2.12. The van der Waals surface area contributed by atoms with E-state index < -0.39 is 0 Å². The maximum absolute atomic E-state index is 11.8. The Balaban J connectivity index is 0.000000272. The van der Waals surface area contributed by atoms with Crippen molar-refractivity contribution in [3.8, 4) is 11.5 Å². The highest BCUT2D eigenvalue weighted by atomic mass is 16.5. The fraction of sp³-hybridized carbons (Fsp3) is 0.375. The van der Waals surface area contributed by atoms with Crippen LogP contribution in [0.25, 0.3) is 0 Å². The lowest BCUT2D eigenvalue weighted by atomic mass is 10.1. The van der Waals surface area contributed by atoms with Gasteiger partial charge >= 0.3 is 11.9 Å². The van der Waals surface area contributed by atoms with E-state index in [9.17, 15) is 9.59 Å². The molecule has 38 heavy (non-hydrogen) atoms.